The van der Waals surface area contributed by atoms with Crippen molar-refractivity contribution in [3.63, 3.8) is 0 Å². The topological polar surface area (TPSA) is 29.1 Å². The van der Waals surface area contributed by atoms with Gasteiger partial charge in [-0.2, -0.15) is 0 Å². The van der Waals surface area contributed by atoms with E-state index in [0.29, 0.717) is 5.56 Å². The molecule has 1 N–H and O–H groups in total. The lowest BCUT2D eigenvalue weighted by Gasteiger charge is -2.06. The number of nitrogens with one attached hydrogen (secondary N) is 1. The number of amides is 1. The minimum Gasteiger partial charge on any atom is -0.322 e. The standard InChI is InChI=1S/C14H12INO/c1-10-4-2-5-11(8-10)14(17)16-13-7-3-6-12(15)9-13/h2-9H,1H3,(H,16,17). The number of hydrogen-bond donors (Lipinski definition) is 1. The fourth-order valence-electron chi connectivity index (χ4n) is 1.56. The average Bonchev–Trinajstić information content (AvgIpc) is 2.29. The van der Waals surface area contributed by atoms with E-state index in [0.717, 1.165) is 14.8 Å². The van der Waals surface area contributed by atoms with E-state index in [1.54, 1.807) is 0 Å². The molecular weight excluding hydrogens is 325 g/mol. The quantitative estimate of drug-likeness (QED) is 0.829. The van der Waals surface area contributed by atoms with Crippen LogP contribution in [0, 0.1) is 10.5 Å². The predicted molar refractivity (Wildman–Crippen MR) is 78.3 cm³/mol. The van der Waals surface area contributed by atoms with Gasteiger partial charge in [0.15, 0.2) is 0 Å². The summed E-state index contributed by atoms with van der Waals surface area (Å²) >= 11 is 2.22. The van der Waals surface area contributed by atoms with Crippen molar-refractivity contribution in [3.8, 4) is 0 Å². The summed E-state index contributed by atoms with van der Waals surface area (Å²) in [5, 5.41) is 2.88. The lowest BCUT2D eigenvalue weighted by Crippen LogP contribution is -2.11. The third-order valence-electron chi connectivity index (χ3n) is 2.36. The zero-order valence-electron chi connectivity index (χ0n) is 9.41. The van der Waals surface area contributed by atoms with E-state index in [2.05, 4.69) is 27.9 Å². The van der Waals surface area contributed by atoms with Crippen LogP contribution in [0.5, 0.6) is 0 Å². The van der Waals surface area contributed by atoms with E-state index in [1.807, 2.05) is 55.5 Å². The molecule has 17 heavy (non-hydrogen) atoms. The van der Waals surface area contributed by atoms with E-state index in [1.165, 1.54) is 0 Å². The highest BCUT2D eigenvalue weighted by molar-refractivity contribution is 14.1. The van der Waals surface area contributed by atoms with Gasteiger partial charge in [-0.05, 0) is 59.8 Å². The van der Waals surface area contributed by atoms with Gasteiger partial charge >= 0.3 is 0 Å². The summed E-state index contributed by atoms with van der Waals surface area (Å²) in [6.45, 7) is 1.97. The largest absolute Gasteiger partial charge is 0.322 e. The van der Waals surface area contributed by atoms with Crippen LogP contribution in [0.3, 0.4) is 0 Å². The maximum Gasteiger partial charge on any atom is 0.255 e. The molecule has 0 fully saturated rings. The molecule has 0 radical (unpaired) electrons. The zero-order valence-corrected chi connectivity index (χ0v) is 11.6. The van der Waals surface area contributed by atoms with Gasteiger partial charge in [0, 0.05) is 14.8 Å². The number of hydrogen-bond acceptors (Lipinski definition) is 1. The molecule has 0 bridgehead atoms. The van der Waals surface area contributed by atoms with E-state index in [9.17, 15) is 4.79 Å². The molecule has 0 heterocycles. The molecule has 0 unspecified atom stereocenters. The minimum atomic E-state index is -0.0734. The van der Waals surface area contributed by atoms with Crippen LogP contribution in [0.4, 0.5) is 5.69 Å². The number of carbonyl (C=O) groups is 1. The first-order chi connectivity index (χ1) is 8.15. The molecule has 2 aromatic carbocycles. The fourth-order valence-corrected chi connectivity index (χ4v) is 2.10. The summed E-state index contributed by atoms with van der Waals surface area (Å²) in [6, 6.07) is 15.3. The molecule has 0 aliphatic carbocycles. The van der Waals surface area contributed by atoms with Gasteiger partial charge in [-0.25, -0.2) is 0 Å². The molecule has 0 saturated carbocycles. The zero-order chi connectivity index (χ0) is 12.3. The van der Waals surface area contributed by atoms with E-state index in [-0.39, 0.29) is 5.91 Å². The molecule has 2 aromatic rings. The van der Waals surface area contributed by atoms with Crippen molar-refractivity contribution >= 4 is 34.2 Å². The number of benzene rings is 2. The molecule has 0 aromatic heterocycles. The molecule has 0 saturated heterocycles. The van der Waals surface area contributed by atoms with Crippen LogP contribution < -0.4 is 5.32 Å². The van der Waals surface area contributed by atoms with Crippen LogP contribution in [0.15, 0.2) is 48.5 Å². The molecule has 0 aliphatic rings. The van der Waals surface area contributed by atoms with Crippen LogP contribution in [-0.2, 0) is 0 Å². The van der Waals surface area contributed by atoms with Gasteiger partial charge in [0.2, 0.25) is 0 Å². The van der Waals surface area contributed by atoms with Gasteiger partial charge in [-0.15, -0.1) is 0 Å². The normalized spacial score (nSPS) is 10.0. The lowest BCUT2D eigenvalue weighted by molar-refractivity contribution is 0.102. The van der Waals surface area contributed by atoms with Crippen molar-refractivity contribution in [2.75, 3.05) is 5.32 Å². The maximum atomic E-state index is 12.0. The van der Waals surface area contributed by atoms with Gasteiger partial charge < -0.3 is 5.32 Å². The summed E-state index contributed by atoms with van der Waals surface area (Å²) < 4.78 is 1.10. The second-order valence-corrected chi connectivity index (χ2v) is 5.08. The maximum absolute atomic E-state index is 12.0. The van der Waals surface area contributed by atoms with E-state index in [4.69, 9.17) is 0 Å². The van der Waals surface area contributed by atoms with Crippen molar-refractivity contribution in [1.82, 2.24) is 0 Å². The van der Waals surface area contributed by atoms with Crippen molar-refractivity contribution in [2.24, 2.45) is 0 Å². The first kappa shape index (κ1) is 12.1. The van der Waals surface area contributed by atoms with Crippen molar-refractivity contribution in [1.29, 1.82) is 0 Å². The van der Waals surface area contributed by atoms with Crippen molar-refractivity contribution < 1.29 is 4.79 Å². The Kier molecular flexibility index (Phi) is 3.78. The Morgan fingerprint density at radius 2 is 1.88 bits per heavy atom. The van der Waals surface area contributed by atoms with Gasteiger partial charge in [-0.3, -0.25) is 4.79 Å². The van der Waals surface area contributed by atoms with E-state index >= 15 is 0 Å². The average molecular weight is 337 g/mol. The molecule has 2 rings (SSSR count). The summed E-state index contributed by atoms with van der Waals surface area (Å²) in [4.78, 5) is 12.0. The summed E-state index contributed by atoms with van der Waals surface area (Å²) in [6.07, 6.45) is 0. The second kappa shape index (κ2) is 5.31. The number of halogens is 1. The SMILES string of the molecule is Cc1cccc(C(=O)Nc2cccc(I)c2)c1. The number of carbonyl (C=O) groups excluding carboxylic acids is 1. The van der Waals surface area contributed by atoms with Gasteiger partial charge in [0.05, 0.1) is 0 Å². The molecule has 1 amide bonds. The van der Waals surface area contributed by atoms with Crippen LogP contribution in [0.1, 0.15) is 15.9 Å². The molecule has 0 atom stereocenters. The van der Waals surface area contributed by atoms with Crippen LogP contribution >= 0.6 is 22.6 Å². The summed E-state index contributed by atoms with van der Waals surface area (Å²) in [7, 11) is 0. The van der Waals surface area contributed by atoms with Gasteiger partial charge in [-0.1, -0.05) is 23.8 Å². The molecule has 0 spiro atoms. The van der Waals surface area contributed by atoms with Crippen LogP contribution in [0.2, 0.25) is 0 Å². The molecule has 0 aliphatic heterocycles. The monoisotopic (exact) mass is 337 g/mol. The van der Waals surface area contributed by atoms with Gasteiger partial charge in [0.1, 0.15) is 0 Å². The highest BCUT2D eigenvalue weighted by Crippen LogP contribution is 2.14. The molecular formula is C14H12INO. The minimum absolute atomic E-state index is 0.0734. The molecule has 86 valence electrons. The summed E-state index contributed by atoms with van der Waals surface area (Å²) in [5.74, 6) is -0.0734. The Labute approximate surface area is 114 Å². The third kappa shape index (κ3) is 3.30. The smallest absolute Gasteiger partial charge is 0.255 e. The highest BCUT2D eigenvalue weighted by atomic mass is 127. The van der Waals surface area contributed by atoms with Crippen molar-refractivity contribution in [3.05, 3.63) is 63.2 Å². The molecule has 3 heteroatoms. The first-order valence-corrected chi connectivity index (χ1v) is 6.36. The third-order valence-corrected chi connectivity index (χ3v) is 3.03. The van der Waals surface area contributed by atoms with Gasteiger partial charge in [0.25, 0.3) is 5.91 Å². The van der Waals surface area contributed by atoms with Crippen molar-refractivity contribution in [2.45, 2.75) is 6.92 Å². The Bertz CT molecular complexity index is 551. The highest BCUT2D eigenvalue weighted by Gasteiger charge is 2.05. The second-order valence-electron chi connectivity index (χ2n) is 3.83. The first-order valence-electron chi connectivity index (χ1n) is 5.29. The summed E-state index contributed by atoms with van der Waals surface area (Å²) in [5.41, 5.74) is 2.59. The van der Waals surface area contributed by atoms with Crippen LogP contribution in [0.25, 0.3) is 0 Å². The Balaban J connectivity index is 2.17. The van der Waals surface area contributed by atoms with E-state index < -0.39 is 0 Å². The Morgan fingerprint density at radius 1 is 1.12 bits per heavy atom. The number of aryl methyl sites for hydroxylation is 1. The fraction of sp³-hybridized carbons (Fsp3) is 0.0714. The van der Waals surface area contributed by atoms with Crippen LogP contribution in [-0.4, -0.2) is 5.91 Å². The number of anilines is 1. The number of rotatable bonds is 2. The molecule has 2 nitrogen and oxygen atoms in total. The predicted octanol–water partition coefficient (Wildman–Crippen LogP) is 3.85. The Morgan fingerprint density at radius 3 is 2.59 bits per heavy atom. The lowest BCUT2D eigenvalue weighted by atomic mass is 10.1. The Hall–Kier alpha value is -1.36.